The molecule has 0 bridgehead atoms. The van der Waals surface area contributed by atoms with Crippen LogP contribution in [0.5, 0.6) is 0 Å². The summed E-state index contributed by atoms with van der Waals surface area (Å²) in [6.07, 6.45) is 6.08. The summed E-state index contributed by atoms with van der Waals surface area (Å²) in [7, 11) is 1.94. The molecule has 0 aliphatic heterocycles. The minimum absolute atomic E-state index is 0.499. The van der Waals surface area contributed by atoms with E-state index in [1.54, 1.807) is 11.3 Å². The first-order valence-electron chi connectivity index (χ1n) is 6.81. The molecule has 19 heavy (non-hydrogen) atoms. The number of nitrogens with one attached hydrogen (secondary N) is 1. The Kier molecular flexibility index (Phi) is 4.71. The van der Waals surface area contributed by atoms with Crippen molar-refractivity contribution < 1.29 is 0 Å². The zero-order valence-electron chi connectivity index (χ0n) is 12.1. The first kappa shape index (κ1) is 14.2. The molecule has 0 saturated carbocycles. The lowest BCUT2D eigenvalue weighted by Gasteiger charge is -2.07. The van der Waals surface area contributed by atoms with Crippen LogP contribution in [0.1, 0.15) is 37.8 Å². The number of aromatic nitrogens is 3. The smallest absolute Gasteiger partial charge is 0.127 e. The summed E-state index contributed by atoms with van der Waals surface area (Å²) in [6.45, 7) is 7.44. The Balaban J connectivity index is 2.23. The highest BCUT2D eigenvalue weighted by atomic mass is 32.1. The van der Waals surface area contributed by atoms with Gasteiger partial charge in [-0.3, -0.25) is 4.68 Å². The van der Waals surface area contributed by atoms with Crippen molar-refractivity contribution in [3.8, 4) is 10.6 Å². The molecular weight excluding hydrogens is 256 g/mol. The second-order valence-corrected chi connectivity index (χ2v) is 6.16. The van der Waals surface area contributed by atoms with Crippen LogP contribution in [-0.4, -0.2) is 20.8 Å². The van der Waals surface area contributed by atoms with Gasteiger partial charge in [0.2, 0.25) is 0 Å². The van der Waals surface area contributed by atoms with Gasteiger partial charge in [0.15, 0.2) is 0 Å². The zero-order chi connectivity index (χ0) is 13.8. The Morgan fingerprint density at radius 2 is 2.21 bits per heavy atom. The number of thiazole rings is 1. The van der Waals surface area contributed by atoms with E-state index in [9.17, 15) is 0 Å². The first-order valence-corrected chi connectivity index (χ1v) is 7.62. The predicted molar refractivity (Wildman–Crippen MR) is 80.3 cm³/mol. The van der Waals surface area contributed by atoms with Gasteiger partial charge in [-0.2, -0.15) is 5.10 Å². The Labute approximate surface area is 118 Å². The summed E-state index contributed by atoms with van der Waals surface area (Å²) in [4.78, 5) is 6.14. The first-order chi connectivity index (χ1) is 9.10. The van der Waals surface area contributed by atoms with Gasteiger partial charge in [0.1, 0.15) is 5.01 Å². The van der Waals surface area contributed by atoms with Gasteiger partial charge in [-0.05, 0) is 6.42 Å². The molecular formula is C14H22N4S. The van der Waals surface area contributed by atoms with Crippen LogP contribution < -0.4 is 5.32 Å². The van der Waals surface area contributed by atoms with Crippen molar-refractivity contribution in [1.82, 2.24) is 20.1 Å². The maximum atomic E-state index is 4.79. The average Bonchev–Trinajstić information content (AvgIpc) is 2.94. The maximum Gasteiger partial charge on any atom is 0.127 e. The average molecular weight is 278 g/mol. The summed E-state index contributed by atoms with van der Waals surface area (Å²) < 4.78 is 1.82. The van der Waals surface area contributed by atoms with Gasteiger partial charge in [-0.1, -0.05) is 27.2 Å². The quantitative estimate of drug-likeness (QED) is 0.883. The summed E-state index contributed by atoms with van der Waals surface area (Å²) in [5.41, 5.74) is 2.35. The summed E-state index contributed by atoms with van der Waals surface area (Å²) in [5, 5.41) is 8.78. The Morgan fingerprint density at radius 3 is 2.79 bits per heavy atom. The van der Waals surface area contributed by atoms with Crippen LogP contribution in [0, 0.1) is 0 Å². The van der Waals surface area contributed by atoms with Crippen molar-refractivity contribution in [1.29, 1.82) is 0 Å². The lowest BCUT2D eigenvalue weighted by atomic mass is 10.2. The van der Waals surface area contributed by atoms with E-state index in [0.717, 1.165) is 30.0 Å². The fourth-order valence-corrected chi connectivity index (χ4v) is 2.94. The molecule has 0 aromatic carbocycles. The van der Waals surface area contributed by atoms with Gasteiger partial charge in [-0.15, -0.1) is 11.3 Å². The maximum absolute atomic E-state index is 4.79. The van der Waals surface area contributed by atoms with Gasteiger partial charge in [0.25, 0.3) is 0 Å². The molecule has 0 radical (unpaired) electrons. The molecule has 2 aromatic heterocycles. The molecule has 5 heteroatoms. The fraction of sp³-hybridized carbons (Fsp3) is 0.571. The van der Waals surface area contributed by atoms with Gasteiger partial charge in [0.05, 0.1) is 11.9 Å². The van der Waals surface area contributed by atoms with Crippen molar-refractivity contribution in [3.63, 3.8) is 0 Å². The molecule has 4 nitrogen and oxygen atoms in total. The van der Waals surface area contributed by atoms with Gasteiger partial charge in [-0.25, -0.2) is 4.98 Å². The van der Waals surface area contributed by atoms with E-state index < -0.39 is 0 Å². The molecule has 0 spiro atoms. The van der Waals surface area contributed by atoms with Crippen molar-refractivity contribution in [2.24, 2.45) is 7.05 Å². The number of rotatable bonds is 6. The highest BCUT2D eigenvalue weighted by Gasteiger charge is 2.13. The lowest BCUT2D eigenvalue weighted by molar-refractivity contribution is 0.589. The van der Waals surface area contributed by atoms with Crippen LogP contribution in [0.25, 0.3) is 10.6 Å². The van der Waals surface area contributed by atoms with E-state index in [4.69, 9.17) is 4.98 Å². The van der Waals surface area contributed by atoms with Crippen LogP contribution >= 0.6 is 11.3 Å². The van der Waals surface area contributed by atoms with E-state index >= 15 is 0 Å². The Hall–Kier alpha value is -1.20. The molecule has 0 aliphatic carbocycles. The minimum atomic E-state index is 0.499. The normalized spacial score (nSPS) is 11.4. The van der Waals surface area contributed by atoms with E-state index in [2.05, 4.69) is 31.2 Å². The van der Waals surface area contributed by atoms with Crippen molar-refractivity contribution in [2.45, 2.75) is 46.2 Å². The second kappa shape index (κ2) is 6.30. The van der Waals surface area contributed by atoms with Crippen molar-refractivity contribution >= 4 is 11.3 Å². The number of nitrogens with zero attached hydrogens (tertiary/aromatic N) is 3. The third-order valence-corrected chi connectivity index (χ3v) is 4.03. The third kappa shape index (κ3) is 3.64. The van der Waals surface area contributed by atoms with E-state index in [0.29, 0.717) is 6.04 Å². The fourth-order valence-electron chi connectivity index (χ4n) is 1.91. The van der Waals surface area contributed by atoms with Crippen molar-refractivity contribution in [3.05, 3.63) is 23.0 Å². The number of hydrogen-bond donors (Lipinski definition) is 1. The molecule has 2 heterocycles. The Morgan fingerprint density at radius 1 is 1.42 bits per heavy atom. The molecule has 104 valence electrons. The second-order valence-electron chi connectivity index (χ2n) is 5.08. The Bertz CT molecular complexity index is 527. The molecule has 0 amide bonds. The van der Waals surface area contributed by atoms with Gasteiger partial charge < -0.3 is 5.32 Å². The molecule has 0 aliphatic rings. The number of aryl methyl sites for hydroxylation is 2. The molecule has 2 rings (SSSR count). The molecule has 2 aromatic rings. The summed E-state index contributed by atoms with van der Waals surface area (Å²) >= 11 is 1.78. The van der Waals surface area contributed by atoms with E-state index in [1.807, 2.05) is 24.1 Å². The van der Waals surface area contributed by atoms with Crippen LogP contribution in [-0.2, 0) is 20.0 Å². The van der Waals surface area contributed by atoms with Gasteiger partial charge in [0, 0.05) is 36.3 Å². The zero-order valence-corrected chi connectivity index (χ0v) is 12.9. The molecule has 0 unspecified atom stereocenters. The topological polar surface area (TPSA) is 42.7 Å². The molecule has 0 atom stereocenters. The van der Waals surface area contributed by atoms with E-state index in [1.165, 1.54) is 10.6 Å². The standard InChI is InChI=1S/C14H22N4S/c1-5-6-12-13(8-15-10(2)3)19-14(17-12)11-7-16-18(4)9-11/h7,9-10,15H,5-6,8H2,1-4H3. The third-order valence-electron chi connectivity index (χ3n) is 2.89. The molecule has 0 fully saturated rings. The van der Waals surface area contributed by atoms with Crippen LogP contribution in [0.3, 0.4) is 0 Å². The number of hydrogen-bond acceptors (Lipinski definition) is 4. The highest BCUT2D eigenvalue weighted by Crippen LogP contribution is 2.28. The monoisotopic (exact) mass is 278 g/mol. The SMILES string of the molecule is CCCc1nc(-c2cnn(C)c2)sc1CNC(C)C. The predicted octanol–water partition coefficient (Wildman–Crippen LogP) is 2.99. The van der Waals surface area contributed by atoms with Crippen molar-refractivity contribution in [2.75, 3.05) is 0 Å². The minimum Gasteiger partial charge on any atom is -0.310 e. The largest absolute Gasteiger partial charge is 0.310 e. The highest BCUT2D eigenvalue weighted by molar-refractivity contribution is 7.15. The molecule has 1 N–H and O–H groups in total. The van der Waals surface area contributed by atoms with Crippen LogP contribution in [0.15, 0.2) is 12.4 Å². The molecule has 0 saturated heterocycles. The summed E-state index contributed by atoms with van der Waals surface area (Å²) in [5.74, 6) is 0. The van der Waals surface area contributed by atoms with E-state index in [-0.39, 0.29) is 0 Å². The van der Waals surface area contributed by atoms with Gasteiger partial charge >= 0.3 is 0 Å². The van der Waals surface area contributed by atoms with Crippen LogP contribution in [0.4, 0.5) is 0 Å². The summed E-state index contributed by atoms with van der Waals surface area (Å²) in [6, 6.07) is 0.499. The van der Waals surface area contributed by atoms with Crippen LogP contribution in [0.2, 0.25) is 0 Å². The lowest BCUT2D eigenvalue weighted by Crippen LogP contribution is -2.21.